The van der Waals surface area contributed by atoms with Crippen LogP contribution < -0.4 is 5.56 Å². The molecule has 0 atom stereocenters. The smallest absolute Gasteiger partial charge is 0.335 e. The van der Waals surface area contributed by atoms with Gasteiger partial charge in [-0.2, -0.15) is 0 Å². The minimum atomic E-state index is -0.946. The molecular weight excluding hydrogens is 384 g/mol. The molecule has 6 heteroatoms. The summed E-state index contributed by atoms with van der Waals surface area (Å²) in [6.07, 6.45) is 2.70. The molecule has 5 nitrogen and oxygen atoms in total. The number of rotatable bonds is 3. The normalized spacial score (nSPS) is 14.4. The number of aromatic nitrogens is 2. The van der Waals surface area contributed by atoms with Crippen molar-refractivity contribution in [2.24, 2.45) is 0 Å². The van der Waals surface area contributed by atoms with Crippen LogP contribution in [0.3, 0.4) is 0 Å². The van der Waals surface area contributed by atoms with Gasteiger partial charge in [0.05, 0.1) is 10.9 Å². The Morgan fingerprint density at radius 2 is 1.86 bits per heavy atom. The van der Waals surface area contributed by atoms with Gasteiger partial charge in [0.1, 0.15) is 10.7 Å². The van der Waals surface area contributed by atoms with Crippen LogP contribution in [0.25, 0.3) is 33.0 Å². The molecule has 1 aliphatic rings. The van der Waals surface area contributed by atoms with E-state index >= 15 is 0 Å². The number of hydrogen-bond donors (Lipinski definition) is 1. The molecule has 0 saturated carbocycles. The van der Waals surface area contributed by atoms with Crippen molar-refractivity contribution in [3.63, 3.8) is 0 Å². The summed E-state index contributed by atoms with van der Waals surface area (Å²) in [5.74, 6) is -0.246. The van der Waals surface area contributed by atoms with Gasteiger partial charge in [0.2, 0.25) is 0 Å². The zero-order chi connectivity index (χ0) is 20.0. The summed E-state index contributed by atoms with van der Waals surface area (Å²) < 4.78 is 1.75. The Balaban J connectivity index is 1.61. The monoisotopic (exact) mass is 400 g/mol. The van der Waals surface area contributed by atoms with Crippen LogP contribution in [0.1, 0.15) is 28.2 Å². The van der Waals surface area contributed by atoms with Crippen LogP contribution in [0.15, 0.2) is 64.8 Å². The summed E-state index contributed by atoms with van der Waals surface area (Å²) >= 11 is 1.49. The van der Waals surface area contributed by atoms with Crippen molar-refractivity contribution in [3.05, 3.63) is 87.3 Å². The number of carboxylic acid groups (broad SMARTS) is 1. The second-order valence-corrected chi connectivity index (χ2v) is 7.79. The van der Waals surface area contributed by atoms with E-state index in [4.69, 9.17) is 10.1 Å². The Morgan fingerprint density at radius 3 is 2.59 bits per heavy atom. The topological polar surface area (TPSA) is 72.2 Å². The van der Waals surface area contributed by atoms with Crippen molar-refractivity contribution in [2.75, 3.05) is 0 Å². The van der Waals surface area contributed by atoms with E-state index in [2.05, 4.69) is 0 Å². The molecule has 1 aliphatic heterocycles. The molecule has 0 unspecified atom stereocenters. The van der Waals surface area contributed by atoms with E-state index in [0.29, 0.717) is 17.8 Å². The molecule has 1 N–H and O–H groups in total. The number of carbonyl (C=O) groups is 1. The molecular formula is C23H16N2O3S. The second-order valence-electron chi connectivity index (χ2n) is 6.93. The molecule has 4 aromatic rings. The fourth-order valence-corrected chi connectivity index (χ4v) is 4.65. The largest absolute Gasteiger partial charge is 0.478 e. The minimum absolute atomic E-state index is 0.00488. The Kier molecular flexibility index (Phi) is 4.14. The number of fused-ring (bicyclic) bond motifs is 2. The third-order valence-corrected chi connectivity index (χ3v) is 6.04. The van der Waals surface area contributed by atoms with E-state index in [0.717, 1.165) is 33.5 Å². The highest BCUT2D eigenvalue weighted by Crippen LogP contribution is 2.34. The fraction of sp³-hybridized carbons (Fsp3) is 0.0870. The lowest BCUT2D eigenvalue weighted by Gasteiger charge is -2.05. The average molecular weight is 400 g/mol. The third-order valence-electron chi connectivity index (χ3n) is 5.17. The summed E-state index contributed by atoms with van der Waals surface area (Å²) in [5.41, 5.74) is 4.08. The maximum Gasteiger partial charge on any atom is 0.335 e. The summed E-state index contributed by atoms with van der Waals surface area (Å²) in [6.45, 7) is 0.597. The number of allylic oxidation sites excluding steroid dienone is 1. The van der Waals surface area contributed by atoms with Crippen LogP contribution in [0.5, 0.6) is 0 Å². The summed E-state index contributed by atoms with van der Waals surface area (Å²) in [6, 6.07) is 16.6. The lowest BCUT2D eigenvalue weighted by atomic mass is 10.1. The number of hydrogen-bond acceptors (Lipinski definition) is 4. The Morgan fingerprint density at radius 1 is 1.10 bits per heavy atom. The van der Waals surface area contributed by atoms with E-state index in [9.17, 15) is 9.59 Å². The third kappa shape index (κ3) is 2.98. The van der Waals surface area contributed by atoms with Gasteiger partial charge in [0.25, 0.3) is 5.56 Å². The average Bonchev–Trinajstić information content (AvgIpc) is 3.34. The first-order chi connectivity index (χ1) is 14.1. The predicted octanol–water partition coefficient (Wildman–Crippen LogP) is 4.77. The van der Waals surface area contributed by atoms with Crippen LogP contribution in [-0.2, 0) is 6.54 Å². The number of nitrogens with zero attached hydrogens (tertiary/aromatic N) is 2. The molecule has 29 heavy (non-hydrogen) atoms. The van der Waals surface area contributed by atoms with Crippen molar-refractivity contribution < 1.29 is 9.90 Å². The Bertz CT molecular complexity index is 1330. The molecule has 0 bridgehead atoms. The van der Waals surface area contributed by atoms with E-state index in [1.165, 1.54) is 11.3 Å². The standard InChI is InChI=1S/C23H16N2O3S/c26-22-19-18(15-4-2-1-3-5-15)13-29-21(19)24-20-17(10-11-25(20)22)12-14-6-8-16(9-7-14)23(27)28/h1-9,12-13H,10-11H2,(H,27,28)/b17-12+. The van der Waals surface area contributed by atoms with E-state index in [1.807, 2.05) is 41.8 Å². The minimum Gasteiger partial charge on any atom is -0.478 e. The molecule has 0 spiro atoms. The van der Waals surface area contributed by atoms with Crippen LogP contribution in [0.4, 0.5) is 0 Å². The zero-order valence-electron chi connectivity index (χ0n) is 15.3. The van der Waals surface area contributed by atoms with Gasteiger partial charge in [-0.25, -0.2) is 9.78 Å². The van der Waals surface area contributed by atoms with E-state index in [1.54, 1.807) is 28.8 Å². The highest BCUT2D eigenvalue weighted by Gasteiger charge is 2.23. The zero-order valence-corrected chi connectivity index (χ0v) is 16.1. The lowest BCUT2D eigenvalue weighted by Crippen LogP contribution is -2.20. The lowest BCUT2D eigenvalue weighted by molar-refractivity contribution is 0.0697. The van der Waals surface area contributed by atoms with E-state index in [-0.39, 0.29) is 11.1 Å². The molecule has 0 radical (unpaired) electrons. The van der Waals surface area contributed by atoms with Crippen LogP contribution >= 0.6 is 11.3 Å². The maximum absolute atomic E-state index is 13.2. The molecule has 5 rings (SSSR count). The van der Waals surface area contributed by atoms with Gasteiger partial charge in [0, 0.05) is 17.5 Å². The van der Waals surface area contributed by atoms with Gasteiger partial charge in [-0.3, -0.25) is 9.36 Å². The molecule has 0 amide bonds. The maximum atomic E-state index is 13.2. The van der Waals surface area contributed by atoms with Crippen molar-refractivity contribution in [2.45, 2.75) is 13.0 Å². The number of carboxylic acids is 1. The van der Waals surface area contributed by atoms with Crippen LogP contribution in [-0.4, -0.2) is 20.6 Å². The van der Waals surface area contributed by atoms with Crippen LogP contribution in [0, 0.1) is 0 Å². The van der Waals surface area contributed by atoms with Gasteiger partial charge in [0.15, 0.2) is 0 Å². The van der Waals surface area contributed by atoms with Gasteiger partial charge >= 0.3 is 5.97 Å². The van der Waals surface area contributed by atoms with Gasteiger partial charge in [-0.05, 0) is 41.3 Å². The summed E-state index contributed by atoms with van der Waals surface area (Å²) in [4.78, 5) is 29.8. The fourth-order valence-electron chi connectivity index (χ4n) is 3.71. The summed E-state index contributed by atoms with van der Waals surface area (Å²) in [5, 5.41) is 11.7. The Labute approximate surface area is 170 Å². The van der Waals surface area contributed by atoms with Crippen molar-refractivity contribution >= 4 is 39.2 Å². The van der Waals surface area contributed by atoms with Crippen molar-refractivity contribution in [3.8, 4) is 11.1 Å². The molecule has 142 valence electrons. The first-order valence-electron chi connectivity index (χ1n) is 9.23. The molecule has 0 aliphatic carbocycles. The first kappa shape index (κ1) is 17.6. The Hall–Kier alpha value is -3.51. The number of benzene rings is 2. The SMILES string of the molecule is O=C(O)c1ccc(/C=C2\CCn3c2nc2scc(-c4ccccc4)c2c3=O)cc1. The number of aromatic carboxylic acids is 1. The molecule has 2 aromatic heterocycles. The van der Waals surface area contributed by atoms with Crippen molar-refractivity contribution in [1.29, 1.82) is 0 Å². The quantitative estimate of drug-likeness (QED) is 0.538. The van der Waals surface area contributed by atoms with Gasteiger partial charge in [-0.15, -0.1) is 11.3 Å². The highest BCUT2D eigenvalue weighted by atomic mass is 32.1. The van der Waals surface area contributed by atoms with E-state index < -0.39 is 5.97 Å². The van der Waals surface area contributed by atoms with Crippen LogP contribution in [0.2, 0.25) is 0 Å². The summed E-state index contributed by atoms with van der Waals surface area (Å²) in [7, 11) is 0. The van der Waals surface area contributed by atoms with Crippen molar-refractivity contribution in [1.82, 2.24) is 9.55 Å². The molecule has 2 aromatic carbocycles. The first-order valence-corrected chi connectivity index (χ1v) is 10.1. The molecule has 3 heterocycles. The predicted molar refractivity (Wildman–Crippen MR) is 115 cm³/mol. The second kappa shape index (κ2) is 6.83. The van der Waals surface area contributed by atoms with Gasteiger partial charge < -0.3 is 5.11 Å². The van der Waals surface area contributed by atoms with Gasteiger partial charge in [-0.1, -0.05) is 42.5 Å². The number of thiophene rings is 1. The molecule has 0 saturated heterocycles. The molecule has 0 fully saturated rings. The highest BCUT2D eigenvalue weighted by molar-refractivity contribution is 7.17.